The molecule has 1 N–H and O–H groups in total. The number of unbranched alkanes of at least 4 members (excludes halogenated alkanes) is 4. The molecule has 0 aromatic carbocycles. The Morgan fingerprint density at radius 1 is 1.38 bits per heavy atom. The van der Waals surface area contributed by atoms with Crippen LogP contribution in [-0.2, 0) is 0 Å². The molecule has 0 saturated carbocycles. The second-order valence-corrected chi connectivity index (χ2v) is 4.74. The Morgan fingerprint density at radius 3 is 2.71 bits per heavy atom. The van der Waals surface area contributed by atoms with E-state index in [1.54, 1.807) is 6.08 Å². The van der Waals surface area contributed by atoms with Crippen LogP contribution in [0, 0.1) is 22.5 Å². The van der Waals surface area contributed by atoms with Crippen molar-refractivity contribution in [2.75, 3.05) is 13.6 Å². The highest BCUT2D eigenvalue weighted by Crippen LogP contribution is 2.19. The first-order valence-electron chi connectivity index (χ1n) is 7.02. The summed E-state index contributed by atoms with van der Waals surface area (Å²) in [6.45, 7) is 4.70. The van der Waals surface area contributed by atoms with E-state index in [-0.39, 0.29) is 5.70 Å². The zero-order valence-corrected chi connectivity index (χ0v) is 12.4. The highest BCUT2D eigenvalue weighted by molar-refractivity contribution is 6.14. The third-order valence-corrected chi connectivity index (χ3v) is 3.25. The molecule has 1 rings (SSSR count). The largest absolute Gasteiger partial charge is 0.385 e. The molecule has 5 nitrogen and oxygen atoms in total. The van der Waals surface area contributed by atoms with Crippen molar-refractivity contribution in [1.29, 1.82) is 0 Å². The lowest BCUT2D eigenvalue weighted by Crippen LogP contribution is -2.25. The normalized spacial score (nSPS) is 16.2. The predicted octanol–water partition coefficient (Wildman–Crippen LogP) is 2.84. The van der Waals surface area contributed by atoms with Crippen LogP contribution < -0.4 is 5.32 Å². The Kier molecular flexibility index (Phi) is 6.96. The lowest BCUT2D eigenvalue weighted by atomic mass is 10.00. The molecule has 0 fully saturated rings. The molecular weight excluding hydrogens is 266 g/mol. The summed E-state index contributed by atoms with van der Waals surface area (Å²) >= 11 is 0. The summed E-state index contributed by atoms with van der Waals surface area (Å²) in [7, 11) is 1.53. The SMILES string of the molecule is C#CCCCCCCNC1=CC=C([N+](=O)[O-])C(=NC)C1=C. The fraction of sp³-hybridized carbons (Fsp3) is 0.438. The second kappa shape index (κ2) is 8.75. The quantitative estimate of drug-likeness (QED) is 0.323. The van der Waals surface area contributed by atoms with Crippen LogP contribution in [0.25, 0.3) is 0 Å². The second-order valence-electron chi connectivity index (χ2n) is 4.74. The Morgan fingerprint density at radius 2 is 2.10 bits per heavy atom. The van der Waals surface area contributed by atoms with E-state index >= 15 is 0 Å². The summed E-state index contributed by atoms with van der Waals surface area (Å²) in [6.07, 6.45) is 13.5. The molecule has 112 valence electrons. The van der Waals surface area contributed by atoms with Gasteiger partial charge in [0.15, 0.2) is 0 Å². The number of nitrogens with zero attached hydrogens (tertiary/aromatic N) is 2. The van der Waals surface area contributed by atoms with Crippen LogP contribution in [0.1, 0.15) is 32.1 Å². The zero-order valence-electron chi connectivity index (χ0n) is 12.4. The van der Waals surface area contributed by atoms with Gasteiger partial charge in [0.1, 0.15) is 5.71 Å². The van der Waals surface area contributed by atoms with Gasteiger partial charge in [-0.3, -0.25) is 15.1 Å². The van der Waals surface area contributed by atoms with Gasteiger partial charge in [-0.1, -0.05) is 19.4 Å². The van der Waals surface area contributed by atoms with Gasteiger partial charge in [0.05, 0.1) is 4.92 Å². The predicted molar refractivity (Wildman–Crippen MR) is 85.6 cm³/mol. The van der Waals surface area contributed by atoms with Crippen LogP contribution in [0.15, 0.2) is 40.7 Å². The molecule has 0 unspecified atom stereocenters. The third-order valence-electron chi connectivity index (χ3n) is 3.25. The first-order valence-corrected chi connectivity index (χ1v) is 7.02. The smallest absolute Gasteiger partial charge is 0.295 e. The lowest BCUT2D eigenvalue weighted by molar-refractivity contribution is -0.415. The van der Waals surface area contributed by atoms with Crippen molar-refractivity contribution in [2.24, 2.45) is 4.99 Å². The van der Waals surface area contributed by atoms with Crippen molar-refractivity contribution in [3.05, 3.63) is 45.8 Å². The highest BCUT2D eigenvalue weighted by Gasteiger charge is 2.26. The Hall–Kier alpha value is -2.35. The number of hydrogen-bond acceptors (Lipinski definition) is 4. The van der Waals surface area contributed by atoms with Crippen LogP contribution in [0.5, 0.6) is 0 Å². The van der Waals surface area contributed by atoms with Gasteiger partial charge in [-0.05, 0) is 18.9 Å². The van der Waals surface area contributed by atoms with Crippen molar-refractivity contribution in [3.63, 3.8) is 0 Å². The van der Waals surface area contributed by atoms with Crippen molar-refractivity contribution < 1.29 is 4.92 Å². The van der Waals surface area contributed by atoms with Gasteiger partial charge in [0.25, 0.3) is 5.70 Å². The number of nitrogens with one attached hydrogen (secondary N) is 1. The Balaban J connectivity index is 2.47. The van der Waals surface area contributed by atoms with E-state index in [0.717, 1.165) is 44.3 Å². The number of hydrogen-bond donors (Lipinski definition) is 1. The molecule has 0 aromatic rings. The fourth-order valence-electron chi connectivity index (χ4n) is 2.12. The molecule has 0 amide bonds. The topological polar surface area (TPSA) is 67.5 Å². The molecule has 0 aliphatic heterocycles. The molecule has 0 saturated heterocycles. The fourth-order valence-corrected chi connectivity index (χ4v) is 2.12. The molecular formula is C16H21N3O2. The highest BCUT2D eigenvalue weighted by atomic mass is 16.6. The first kappa shape index (κ1) is 16.7. The Labute approximate surface area is 125 Å². The minimum Gasteiger partial charge on any atom is -0.385 e. The maximum Gasteiger partial charge on any atom is 0.295 e. The van der Waals surface area contributed by atoms with Crippen molar-refractivity contribution in [3.8, 4) is 12.3 Å². The summed E-state index contributed by atoms with van der Waals surface area (Å²) in [4.78, 5) is 14.4. The van der Waals surface area contributed by atoms with Gasteiger partial charge in [0.2, 0.25) is 0 Å². The molecule has 0 bridgehead atoms. The molecule has 0 heterocycles. The maximum atomic E-state index is 10.9. The van der Waals surface area contributed by atoms with E-state index in [9.17, 15) is 10.1 Å². The van der Waals surface area contributed by atoms with E-state index in [0.29, 0.717) is 11.3 Å². The minimum atomic E-state index is -0.438. The molecule has 21 heavy (non-hydrogen) atoms. The van der Waals surface area contributed by atoms with Crippen LogP contribution in [0.2, 0.25) is 0 Å². The summed E-state index contributed by atoms with van der Waals surface area (Å²) < 4.78 is 0. The zero-order chi connectivity index (χ0) is 15.7. The first-order chi connectivity index (χ1) is 10.1. The van der Waals surface area contributed by atoms with Crippen LogP contribution >= 0.6 is 0 Å². The standard InChI is InChI=1S/C16H21N3O2/c1-4-5-6-7-8-9-12-18-14-10-11-15(19(20)21)16(17-3)13(14)2/h1,10-11,18H,2,5-9,12H2,3H3. The average Bonchev–Trinajstić information content (AvgIpc) is 2.47. The number of allylic oxidation sites excluding steroid dienone is 4. The number of nitro groups is 1. The Bertz CT molecular complexity index is 536. The third kappa shape index (κ3) is 4.92. The van der Waals surface area contributed by atoms with E-state index in [2.05, 4.69) is 22.8 Å². The number of terminal acetylenes is 1. The van der Waals surface area contributed by atoms with Crippen molar-refractivity contribution in [1.82, 2.24) is 5.32 Å². The number of aliphatic imine (C=N–C) groups is 1. The van der Waals surface area contributed by atoms with Crippen molar-refractivity contribution in [2.45, 2.75) is 32.1 Å². The lowest BCUT2D eigenvalue weighted by Gasteiger charge is -2.16. The summed E-state index contributed by atoms with van der Waals surface area (Å²) in [6, 6.07) is 0. The van der Waals surface area contributed by atoms with Gasteiger partial charge in [-0.15, -0.1) is 12.3 Å². The van der Waals surface area contributed by atoms with E-state index in [1.807, 2.05) is 0 Å². The van der Waals surface area contributed by atoms with Crippen LogP contribution in [0.4, 0.5) is 0 Å². The molecule has 1 aliphatic carbocycles. The van der Waals surface area contributed by atoms with Gasteiger partial charge in [0, 0.05) is 37.4 Å². The summed E-state index contributed by atoms with van der Waals surface area (Å²) in [5, 5.41) is 14.2. The molecule has 0 radical (unpaired) electrons. The monoisotopic (exact) mass is 287 g/mol. The van der Waals surface area contributed by atoms with Crippen LogP contribution in [0.3, 0.4) is 0 Å². The van der Waals surface area contributed by atoms with Gasteiger partial charge >= 0.3 is 0 Å². The van der Waals surface area contributed by atoms with Crippen LogP contribution in [-0.4, -0.2) is 24.2 Å². The molecule has 0 spiro atoms. The molecule has 1 aliphatic rings. The minimum absolute atomic E-state index is 0.0117. The molecule has 0 atom stereocenters. The summed E-state index contributed by atoms with van der Waals surface area (Å²) in [5.41, 5.74) is 1.69. The van der Waals surface area contributed by atoms with Gasteiger partial charge in [-0.2, -0.15) is 0 Å². The molecule has 5 heteroatoms. The van der Waals surface area contributed by atoms with Crippen molar-refractivity contribution >= 4 is 5.71 Å². The molecule has 0 aromatic heterocycles. The summed E-state index contributed by atoms with van der Waals surface area (Å²) in [5.74, 6) is 2.63. The van der Waals surface area contributed by atoms with E-state index in [1.165, 1.54) is 13.1 Å². The van der Waals surface area contributed by atoms with Gasteiger partial charge < -0.3 is 5.32 Å². The number of rotatable bonds is 8. The maximum absolute atomic E-state index is 10.9. The average molecular weight is 287 g/mol. The van der Waals surface area contributed by atoms with E-state index in [4.69, 9.17) is 6.42 Å². The van der Waals surface area contributed by atoms with Gasteiger partial charge in [-0.25, -0.2) is 0 Å². The van der Waals surface area contributed by atoms with E-state index < -0.39 is 4.92 Å².